The molecule has 0 aromatic rings. The Hall–Kier alpha value is -1.63. The summed E-state index contributed by atoms with van der Waals surface area (Å²) in [5.74, 6) is 1.03. The molecule has 1 saturated carbocycles. The van der Waals surface area contributed by atoms with Crippen molar-refractivity contribution in [1.82, 2.24) is 15.1 Å². The van der Waals surface area contributed by atoms with Gasteiger partial charge in [0.1, 0.15) is 6.04 Å². The van der Waals surface area contributed by atoms with Gasteiger partial charge in [-0.2, -0.15) is 10.5 Å². The van der Waals surface area contributed by atoms with Crippen LogP contribution in [0.4, 0.5) is 0 Å². The normalized spacial score (nSPS) is 31.0. The number of carbonyl (C=O) groups excluding carboxylic acids is 1. The second kappa shape index (κ2) is 8.65. The third kappa shape index (κ3) is 4.71. The van der Waals surface area contributed by atoms with Crippen molar-refractivity contribution in [2.75, 3.05) is 32.7 Å². The molecule has 1 aliphatic carbocycles. The number of hydrogen-bond acceptors (Lipinski definition) is 5. The van der Waals surface area contributed by atoms with Gasteiger partial charge in [-0.1, -0.05) is 0 Å². The molecule has 2 saturated heterocycles. The van der Waals surface area contributed by atoms with Gasteiger partial charge < -0.3 is 15.1 Å². The van der Waals surface area contributed by atoms with E-state index >= 15 is 0 Å². The zero-order valence-corrected chi connectivity index (χ0v) is 15.0. The SMILES string of the molecule is N#CC1CCN(C[C@H]2CC[C@@H](NCC(=O)N3CCC[C@H]3C#N)C2)CC1. The van der Waals surface area contributed by atoms with Crippen LogP contribution >= 0.6 is 0 Å². The van der Waals surface area contributed by atoms with Crippen molar-refractivity contribution in [3.8, 4) is 12.1 Å². The second-order valence-electron chi connectivity index (χ2n) is 7.84. The highest BCUT2D eigenvalue weighted by atomic mass is 16.2. The summed E-state index contributed by atoms with van der Waals surface area (Å²) >= 11 is 0. The number of likely N-dealkylation sites (tertiary alicyclic amines) is 2. The first-order valence-corrected chi connectivity index (χ1v) is 9.74. The van der Waals surface area contributed by atoms with Crippen LogP contribution in [0, 0.1) is 34.5 Å². The fourth-order valence-electron chi connectivity index (χ4n) is 4.57. The third-order valence-corrected chi connectivity index (χ3v) is 6.09. The monoisotopic (exact) mass is 343 g/mol. The summed E-state index contributed by atoms with van der Waals surface area (Å²) in [6.45, 7) is 4.33. The second-order valence-corrected chi connectivity index (χ2v) is 7.84. The van der Waals surface area contributed by atoms with E-state index in [2.05, 4.69) is 22.4 Å². The number of hydrogen-bond donors (Lipinski definition) is 1. The van der Waals surface area contributed by atoms with Crippen molar-refractivity contribution in [2.24, 2.45) is 11.8 Å². The molecular formula is C19H29N5O. The van der Waals surface area contributed by atoms with Gasteiger partial charge in [0.25, 0.3) is 0 Å². The van der Waals surface area contributed by atoms with Crippen LogP contribution < -0.4 is 5.32 Å². The fourth-order valence-corrected chi connectivity index (χ4v) is 4.57. The summed E-state index contributed by atoms with van der Waals surface area (Å²) in [5.41, 5.74) is 0. The largest absolute Gasteiger partial charge is 0.326 e. The van der Waals surface area contributed by atoms with Gasteiger partial charge >= 0.3 is 0 Å². The van der Waals surface area contributed by atoms with Crippen molar-refractivity contribution in [2.45, 2.75) is 57.0 Å². The van der Waals surface area contributed by atoms with E-state index in [1.54, 1.807) is 4.90 Å². The van der Waals surface area contributed by atoms with Gasteiger partial charge in [0.15, 0.2) is 0 Å². The van der Waals surface area contributed by atoms with E-state index < -0.39 is 0 Å². The Morgan fingerprint density at radius 2 is 1.84 bits per heavy atom. The lowest BCUT2D eigenvalue weighted by Crippen LogP contribution is -2.43. The molecule has 0 unspecified atom stereocenters. The summed E-state index contributed by atoms with van der Waals surface area (Å²) in [4.78, 5) is 16.5. The van der Waals surface area contributed by atoms with Crippen LogP contribution in [-0.2, 0) is 4.79 Å². The molecule has 1 N–H and O–H groups in total. The molecular weight excluding hydrogens is 314 g/mol. The third-order valence-electron chi connectivity index (χ3n) is 6.09. The maximum atomic E-state index is 12.3. The molecule has 3 fully saturated rings. The maximum absolute atomic E-state index is 12.3. The molecule has 2 aliphatic heterocycles. The van der Waals surface area contributed by atoms with Crippen molar-refractivity contribution in [3.63, 3.8) is 0 Å². The van der Waals surface area contributed by atoms with Crippen molar-refractivity contribution in [3.05, 3.63) is 0 Å². The Labute approximate surface area is 150 Å². The van der Waals surface area contributed by atoms with Crippen molar-refractivity contribution in [1.29, 1.82) is 10.5 Å². The lowest BCUT2D eigenvalue weighted by atomic mass is 9.97. The number of nitriles is 2. The molecule has 3 atom stereocenters. The van der Waals surface area contributed by atoms with E-state index in [-0.39, 0.29) is 17.9 Å². The van der Waals surface area contributed by atoms with Crippen LogP contribution in [0.15, 0.2) is 0 Å². The van der Waals surface area contributed by atoms with Crippen LogP contribution in [0.5, 0.6) is 0 Å². The lowest BCUT2D eigenvalue weighted by Gasteiger charge is -2.31. The Morgan fingerprint density at radius 1 is 1.04 bits per heavy atom. The summed E-state index contributed by atoms with van der Waals surface area (Å²) in [6, 6.07) is 4.83. The minimum Gasteiger partial charge on any atom is -0.326 e. The molecule has 3 aliphatic rings. The highest BCUT2D eigenvalue weighted by Gasteiger charge is 2.31. The molecule has 1 amide bonds. The lowest BCUT2D eigenvalue weighted by molar-refractivity contribution is -0.130. The smallest absolute Gasteiger partial charge is 0.237 e. The average Bonchev–Trinajstić information content (AvgIpc) is 3.29. The van der Waals surface area contributed by atoms with Crippen LogP contribution in [0.1, 0.15) is 44.9 Å². The highest BCUT2D eigenvalue weighted by molar-refractivity contribution is 5.79. The minimum atomic E-state index is -0.220. The molecule has 0 aromatic carbocycles. The Morgan fingerprint density at radius 3 is 2.56 bits per heavy atom. The molecule has 0 radical (unpaired) electrons. The van der Waals surface area contributed by atoms with Gasteiger partial charge in [0.05, 0.1) is 18.7 Å². The highest BCUT2D eigenvalue weighted by Crippen LogP contribution is 2.28. The number of nitrogens with one attached hydrogen (secondary N) is 1. The van der Waals surface area contributed by atoms with Gasteiger partial charge in [-0.05, 0) is 64.0 Å². The van der Waals surface area contributed by atoms with E-state index in [0.717, 1.165) is 64.7 Å². The van der Waals surface area contributed by atoms with Gasteiger partial charge in [-0.25, -0.2) is 0 Å². The number of piperidine rings is 1. The van der Waals surface area contributed by atoms with Crippen LogP contribution in [0.3, 0.4) is 0 Å². The minimum absolute atomic E-state index is 0.0751. The van der Waals surface area contributed by atoms with Crippen LogP contribution in [0.25, 0.3) is 0 Å². The fraction of sp³-hybridized carbons (Fsp3) is 0.842. The van der Waals surface area contributed by atoms with Gasteiger partial charge in [0, 0.05) is 25.0 Å². The van der Waals surface area contributed by atoms with E-state index in [9.17, 15) is 4.79 Å². The molecule has 0 aromatic heterocycles. The summed E-state index contributed by atoms with van der Waals surface area (Å²) < 4.78 is 0. The first kappa shape index (κ1) is 18.2. The average molecular weight is 343 g/mol. The molecule has 25 heavy (non-hydrogen) atoms. The molecule has 0 spiro atoms. The maximum Gasteiger partial charge on any atom is 0.237 e. The predicted molar refractivity (Wildman–Crippen MR) is 94.3 cm³/mol. The number of carbonyl (C=O) groups is 1. The van der Waals surface area contributed by atoms with Crippen molar-refractivity contribution >= 4 is 5.91 Å². The topological polar surface area (TPSA) is 83.2 Å². The van der Waals surface area contributed by atoms with Gasteiger partial charge in [-0.15, -0.1) is 0 Å². The van der Waals surface area contributed by atoms with Crippen LogP contribution in [-0.4, -0.2) is 60.5 Å². The summed E-state index contributed by atoms with van der Waals surface area (Å²) in [5, 5.41) is 21.5. The van der Waals surface area contributed by atoms with E-state index in [0.29, 0.717) is 18.5 Å². The number of nitrogens with zero attached hydrogens (tertiary/aromatic N) is 4. The number of amides is 1. The zero-order chi connectivity index (χ0) is 17.6. The molecule has 0 bridgehead atoms. The summed E-state index contributed by atoms with van der Waals surface area (Å²) in [7, 11) is 0. The van der Waals surface area contributed by atoms with Crippen LogP contribution in [0.2, 0.25) is 0 Å². The van der Waals surface area contributed by atoms with E-state index in [1.165, 1.54) is 6.42 Å². The molecule has 136 valence electrons. The Balaban J connectivity index is 1.35. The molecule has 6 nitrogen and oxygen atoms in total. The Bertz CT molecular complexity index is 543. The molecule has 6 heteroatoms. The first-order chi connectivity index (χ1) is 12.2. The molecule has 3 rings (SSSR count). The van der Waals surface area contributed by atoms with Crippen molar-refractivity contribution < 1.29 is 4.79 Å². The number of rotatable bonds is 5. The quantitative estimate of drug-likeness (QED) is 0.818. The van der Waals surface area contributed by atoms with E-state index in [4.69, 9.17) is 10.5 Å². The first-order valence-electron chi connectivity index (χ1n) is 9.74. The molecule has 2 heterocycles. The van der Waals surface area contributed by atoms with E-state index in [1.807, 2.05) is 0 Å². The summed E-state index contributed by atoms with van der Waals surface area (Å²) in [6.07, 6.45) is 7.26. The standard InChI is InChI=1S/C19H29N5O/c20-11-15-5-8-23(9-6-15)14-16-3-4-17(10-16)22-13-19(25)24-7-1-2-18(24)12-21/h15-18,22H,1-10,13-14H2/t16-,17+,18-/m0/s1. The Kier molecular flexibility index (Phi) is 6.29. The van der Waals surface area contributed by atoms with Gasteiger partial charge in [0.2, 0.25) is 5.91 Å². The zero-order valence-electron chi connectivity index (χ0n) is 15.0. The predicted octanol–water partition coefficient (Wildman–Crippen LogP) is 1.49. The van der Waals surface area contributed by atoms with Gasteiger partial charge in [-0.3, -0.25) is 4.79 Å².